The average Bonchev–Trinajstić information content (AvgIpc) is 2.97. The van der Waals surface area contributed by atoms with E-state index < -0.39 is 0 Å². The lowest BCUT2D eigenvalue weighted by Crippen LogP contribution is -2.40. The first kappa shape index (κ1) is 17.0. The summed E-state index contributed by atoms with van der Waals surface area (Å²) < 4.78 is 1.92. The fourth-order valence-electron chi connectivity index (χ4n) is 2.95. The van der Waals surface area contributed by atoms with Crippen LogP contribution in [0.1, 0.15) is 39.0 Å². The molecule has 1 aliphatic carbocycles. The Morgan fingerprint density at radius 3 is 2.67 bits per heavy atom. The van der Waals surface area contributed by atoms with Gasteiger partial charge in [0, 0.05) is 31.0 Å². The number of amides is 1. The molecule has 1 fully saturated rings. The van der Waals surface area contributed by atoms with Gasteiger partial charge in [-0.2, -0.15) is 0 Å². The molecule has 2 aromatic rings. The molecule has 0 unspecified atom stereocenters. The molecule has 0 aliphatic heterocycles. The molecule has 2 heterocycles. The second-order valence-corrected chi connectivity index (χ2v) is 7.51. The molecule has 3 rings (SSSR count). The third-order valence-electron chi connectivity index (χ3n) is 4.38. The van der Waals surface area contributed by atoms with Gasteiger partial charge >= 0.3 is 0 Å². The van der Waals surface area contributed by atoms with Gasteiger partial charge < -0.3 is 9.88 Å². The third-order valence-corrected chi connectivity index (χ3v) is 5.51. The van der Waals surface area contributed by atoms with Crippen molar-refractivity contribution in [3.63, 3.8) is 0 Å². The van der Waals surface area contributed by atoms with E-state index in [-0.39, 0.29) is 11.2 Å². The van der Waals surface area contributed by atoms with E-state index in [1.54, 1.807) is 12.4 Å². The lowest BCUT2D eigenvalue weighted by atomic mass is 9.95. The van der Waals surface area contributed by atoms with E-state index in [2.05, 4.69) is 20.5 Å². The number of pyridine rings is 1. The van der Waals surface area contributed by atoms with Crippen LogP contribution in [0.25, 0.3) is 11.4 Å². The van der Waals surface area contributed by atoms with E-state index in [0.717, 1.165) is 29.4 Å². The monoisotopic (exact) mass is 345 g/mol. The topological polar surface area (TPSA) is 72.7 Å². The van der Waals surface area contributed by atoms with Crippen molar-refractivity contribution in [1.82, 2.24) is 25.1 Å². The van der Waals surface area contributed by atoms with Gasteiger partial charge in [-0.05, 0) is 31.9 Å². The lowest BCUT2D eigenvalue weighted by Gasteiger charge is -2.24. The number of aromatic nitrogens is 4. The molecule has 0 spiro atoms. The summed E-state index contributed by atoms with van der Waals surface area (Å²) in [4.78, 5) is 16.4. The van der Waals surface area contributed by atoms with Gasteiger partial charge in [0.25, 0.3) is 0 Å². The molecule has 24 heavy (non-hydrogen) atoms. The van der Waals surface area contributed by atoms with Gasteiger partial charge in [0.05, 0.1) is 5.25 Å². The molecule has 1 saturated carbocycles. The van der Waals surface area contributed by atoms with Gasteiger partial charge in [-0.25, -0.2) is 0 Å². The predicted molar refractivity (Wildman–Crippen MR) is 94.6 cm³/mol. The quantitative estimate of drug-likeness (QED) is 0.844. The molecule has 6 nitrogen and oxygen atoms in total. The van der Waals surface area contributed by atoms with E-state index in [9.17, 15) is 4.79 Å². The van der Waals surface area contributed by atoms with Crippen LogP contribution in [0.15, 0.2) is 29.7 Å². The lowest BCUT2D eigenvalue weighted by molar-refractivity contribution is -0.121. The summed E-state index contributed by atoms with van der Waals surface area (Å²) in [6.45, 7) is 1.92. The Morgan fingerprint density at radius 1 is 1.25 bits per heavy atom. The Bertz CT molecular complexity index is 682. The highest BCUT2D eigenvalue weighted by Gasteiger charge is 2.22. The number of hydrogen-bond donors (Lipinski definition) is 1. The van der Waals surface area contributed by atoms with Crippen LogP contribution in [0, 0.1) is 0 Å². The van der Waals surface area contributed by atoms with E-state index in [0.29, 0.717) is 6.04 Å². The molecule has 7 heteroatoms. The van der Waals surface area contributed by atoms with Crippen molar-refractivity contribution in [3.05, 3.63) is 24.5 Å². The van der Waals surface area contributed by atoms with E-state index in [4.69, 9.17) is 0 Å². The van der Waals surface area contributed by atoms with Crippen molar-refractivity contribution in [1.29, 1.82) is 0 Å². The highest BCUT2D eigenvalue weighted by Crippen LogP contribution is 2.26. The van der Waals surface area contributed by atoms with Gasteiger partial charge in [-0.1, -0.05) is 31.0 Å². The predicted octanol–water partition coefficient (Wildman–Crippen LogP) is 2.81. The van der Waals surface area contributed by atoms with Crippen molar-refractivity contribution < 1.29 is 4.79 Å². The minimum absolute atomic E-state index is 0.0837. The van der Waals surface area contributed by atoms with Crippen LogP contribution in [0.3, 0.4) is 0 Å². The molecular formula is C17H23N5OS. The van der Waals surface area contributed by atoms with Crippen LogP contribution >= 0.6 is 11.8 Å². The number of nitrogens with one attached hydrogen (secondary N) is 1. The standard InChI is InChI=1S/C17H23N5OS/c1-12(16(23)19-14-6-4-3-5-7-14)24-17-21-20-15(22(17)2)13-8-10-18-11-9-13/h8-12,14H,3-7H2,1-2H3,(H,19,23)/t12-/m0/s1. The Labute approximate surface area is 146 Å². The average molecular weight is 345 g/mol. The number of rotatable bonds is 5. The SMILES string of the molecule is C[C@H](Sc1nnc(-c2ccncc2)n1C)C(=O)NC1CCCCC1. The largest absolute Gasteiger partial charge is 0.352 e. The molecule has 2 aromatic heterocycles. The summed E-state index contributed by atoms with van der Waals surface area (Å²) in [6, 6.07) is 4.14. The molecule has 0 saturated heterocycles. The van der Waals surface area contributed by atoms with Gasteiger partial charge in [0.2, 0.25) is 5.91 Å². The summed E-state index contributed by atoms with van der Waals surface area (Å²) in [7, 11) is 1.92. The van der Waals surface area contributed by atoms with E-state index >= 15 is 0 Å². The van der Waals surface area contributed by atoms with Gasteiger partial charge in [-0.3, -0.25) is 9.78 Å². The minimum atomic E-state index is -0.194. The smallest absolute Gasteiger partial charge is 0.233 e. The molecule has 1 amide bonds. The normalized spacial score (nSPS) is 16.8. The molecule has 1 aliphatic rings. The summed E-state index contributed by atoms with van der Waals surface area (Å²) in [5, 5.41) is 12.2. The Hall–Kier alpha value is -1.89. The van der Waals surface area contributed by atoms with Crippen molar-refractivity contribution in [2.45, 2.75) is 55.5 Å². The summed E-state index contributed by atoms with van der Waals surface area (Å²) in [5.41, 5.74) is 0.964. The summed E-state index contributed by atoms with van der Waals surface area (Å²) in [6.07, 6.45) is 9.37. The van der Waals surface area contributed by atoms with E-state index in [1.165, 1.54) is 31.0 Å². The first-order valence-electron chi connectivity index (χ1n) is 8.42. The van der Waals surface area contributed by atoms with Crippen molar-refractivity contribution in [3.8, 4) is 11.4 Å². The maximum atomic E-state index is 12.4. The second-order valence-electron chi connectivity index (χ2n) is 6.20. The van der Waals surface area contributed by atoms with Crippen LogP contribution in [0.4, 0.5) is 0 Å². The maximum Gasteiger partial charge on any atom is 0.233 e. The summed E-state index contributed by atoms with van der Waals surface area (Å²) >= 11 is 1.44. The van der Waals surface area contributed by atoms with Crippen LogP contribution in [0.5, 0.6) is 0 Å². The molecule has 0 radical (unpaired) electrons. The maximum absolute atomic E-state index is 12.4. The van der Waals surface area contributed by atoms with Crippen LogP contribution in [-0.2, 0) is 11.8 Å². The fourth-order valence-corrected chi connectivity index (χ4v) is 3.77. The molecular weight excluding hydrogens is 322 g/mol. The molecule has 0 aromatic carbocycles. The van der Waals surface area contributed by atoms with Gasteiger partial charge in [-0.15, -0.1) is 10.2 Å². The number of carbonyl (C=O) groups is 1. The van der Waals surface area contributed by atoms with Crippen molar-refractivity contribution in [2.24, 2.45) is 7.05 Å². The number of carbonyl (C=O) groups excluding carboxylic acids is 1. The first-order valence-corrected chi connectivity index (χ1v) is 9.30. The highest BCUT2D eigenvalue weighted by atomic mass is 32.2. The molecule has 1 atom stereocenters. The Balaban J connectivity index is 1.63. The van der Waals surface area contributed by atoms with Crippen LogP contribution in [-0.4, -0.2) is 36.9 Å². The Morgan fingerprint density at radius 2 is 1.96 bits per heavy atom. The van der Waals surface area contributed by atoms with Gasteiger partial charge in [0.1, 0.15) is 0 Å². The highest BCUT2D eigenvalue weighted by molar-refractivity contribution is 8.00. The first-order chi connectivity index (χ1) is 11.6. The fraction of sp³-hybridized carbons (Fsp3) is 0.529. The molecule has 128 valence electrons. The summed E-state index contributed by atoms with van der Waals surface area (Å²) in [5.74, 6) is 0.861. The van der Waals surface area contributed by atoms with Crippen molar-refractivity contribution in [2.75, 3.05) is 0 Å². The van der Waals surface area contributed by atoms with E-state index in [1.807, 2.05) is 30.7 Å². The minimum Gasteiger partial charge on any atom is -0.352 e. The molecule has 0 bridgehead atoms. The van der Waals surface area contributed by atoms with Crippen LogP contribution < -0.4 is 5.32 Å². The Kier molecular flexibility index (Phi) is 5.50. The molecule has 1 N–H and O–H groups in total. The zero-order valence-corrected chi connectivity index (χ0v) is 14.9. The van der Waals surface area contributed by atoms with Crippen LogP contribution in [0.2, 0.25) is 0 Å². The third kappa shape index (κ3) is 3.95. The zero-order chi connectivity index (χ0) is 16.9. The van der Waals surface area contributed by atoms with Crippen molar-refractivity contribution >= 4 is 17.7 Å². The number of nitrogens with zero attached hydrogens (tertiary/aromatic N) is 4. The number of thioether (sulfide) groups is 1. The second kappa shape index (κ2) is 7.79. The zero-order valence-electron chi connectivity index (χ0n) is 14.1. The van der Waals surface area contributed by atoms with Gasteiger partial charge in [0.15, 0.2) is 11.0 Å². The number of hydrogen-bond acceptors (Lipinski definition) is 5.